The average molecular weight is 300 g/mol. The van der Waals surface area contributed by atoms with E-state index in [4.69, 9.17) is 0 Å². The van der Waals surface area contributed by atoms with Crippen LogP contribution in [0.15, 0.2) is 0 Å². The van der Waals surface area contributed by atoms with Gasteiger partial charge in [0, 0.05) is 12.6 Å². The number of hydrogen-bond donors (Lipinski definition) is 3. The first-order valence-electron chi connectivity index (χ1n) is 5.81. The monoisotopic (exact) mass is 299 g/mol. The van der Waals surface area contributed by atoms with Crippen molar-refractivity contribution in [2.75, 3.05) is 26.4 Å². The van der Waals surface area contributed by atoms with Crippen molar-refractivity contribution in [3.8, 4) is 0 Å². The number of hydrogen-bond acceptors (Lipinski definition) is 4. The van der Waals surface area contributed by atoms with E-state index in [0.29, 0.717) is 6.54 Å². The first-order valence-corrected chi connectivity index (χ1v) is 7.70. The molecule has 18 heavy (non-hydrogen) atoms. The summed E-state index contributed by atoms with van der Waals surface area (Å²) in [5, 5.41) is 5.57. The molecule has 0 heterocycles. The second kappa shape index (κ2) is 7.93. The van der Waals surface area contributed by atoms with Gasteiger partial charge in [-0.05, 0) is 25.8 Å². The number of carbonyl (C=O) groups is 1. The Morgan fingerprint density at radius 2 is 2.00 bits per heavy atom. The van der Waals surface area contributed by atoms with Gasteiger partial charge in [-0.1, -0.05) is 6.42 Å². The minimum Gasteiger partial charge on any atom is -0.355 e. The zero-order valence-electron chi connectivity index (χ0n) is 10.7. The number of likely N-dealkylation sites (N-methyl/N-ethyl adjacent to an activating group) is 1. The summed E-state index contributed by atoms with van der Waals surface area (Å²) in [6, 6.07) is -0.0418. The highest BCUT2D eigenvalue weighted by atomic mass is 35.5. The van der Waals surface area contributed by atoms with Gasteiger partial charge in [-0.3, -0.25) is 4.79 Å². The molecule has 1 saturated carbocycles. The maximum atomic E-state index is 11.3. The predicted molar refractivity (Wildman–Crippen MR) is 73.3 cm³/mol. The molecule has 0 aromatic rings. The highest BCUT2D eigenvalue weighted by molar-refractivity contribution is 7.88. The average Bonchev–Trinajstić information content (AvgIpc) is 2.60. The molecule has 0 spiro atoms. The molecule has 0 bridgehead atoms. The number of sulfonamides is 1. The molecule has 1 fully saturated rings. The summed E-state index contributed by atoms with van der Waals surface area (Å²) in [6.45, 7) is 0.824. The minimum absolute atomic E-state index is 0. The van der Waals surface area contributed by atoms with E-state index in [1.807, 2.05) is 0 Å². The van der Waals surface area contributed by atoms with Gasteiger partial charge in [0.05, 0.1) is 12.8 Å². The van der Waals surface area contributed by atoms with Crippen LogP contribution in [0.2, 0.25) is 0 Å². The Hall–Kier alpha value is -0.370. The second-order valence-corrected chi connectivity index (χ2v) is 6.30. The highest BCUT2D eigenvalue weighted by Gasteiger charge is 2.29. The SMILES string of the molecule is CNCC(=O)NCC1CCCC1NS(C)(=O)=O.Cl. The molecule has 1 rings (SSSR count). The van der Waals surface area contributed by atoms with Gasteiger partial charge >= 0.3 is 0 Å². The van der Waals surface area contributed by atoms with Crippen molar-refractivity contribution in [2.45, 2.75) is 25.3 Å². The lowest BCUT2D eigenvalue weighted by Crippen LogP contribution is -2.42. The quantitative estimate of drug-likeness (QED) is 0.615. The van der Waals surface area contributed by atoms with Crippen LogP contribution in [-0.4, -0.2) is 46.8 Å². The van der Waals surface area contributed by atoms with Gasteiger partial charge in [0.15, 0.2) is 0 Å². The molecular formula is C10H22ClN3O3S. The maximum Gasteiger partial charge on any atom is 0.233 e. The maximum absolute atomic E-state index is 11.3. The van der Waals surface area contributed by atoms with Gasteiger partial charge in [-0.2, -0.15) is 0 Å². The summed E-state index contributed by atoms with van der Waals surface area (Å²) >= 11 is 0. The molecule has 1 aliphatic rings. The van der Waals surface area contributed by atoms with E-state index in [9.17, 15) is 13.2 Å². The molecule has 0 radical (unpaired) electrons. The van der Waals surface area contributed by atoms with Gasteiger partial charge in [-0.15, -0.1) is 12.4 Å². The Kier molecular flexibility index (Phi) is 7.77. The largest absolute Gasteiger partial charge is 0.355 e. The van der Waals surface area contributed by atoms with Crippen LogP contribution in [-0.2, 0) is 14.8 Å². The van der Waals surface area contributed by atoms with Crippen LogP contribution in [0.1, 0.15) is 19.3 Å². The van der Waals surface area contributed by atoms with Crippen LogP contribution in [0.5, 0.6) is 0 Å². The molecule has 2 unspecified atom stereocenters. The second-order valence-electron chi connectivity index (χ2n) is 4.52. The van der Waals surface area contributed by atoms with Crippen LogP contribution in [0.3, 0.4) is 0 Å². The Balaban J connectivity index is 0.00000289. The van der Waals surface area contributed by atoms with E-state index < -0.39 is 10.0 Å². The molecule has 2 atom stereocenters. The van der Waals surface area contributed by atoms with Crippen molar-refractivity contribution in [1.82, 2.24) is 15.4 Å². The lowest BCUT2D eigenvalue weighted by Gasteiger charge is -2.20. The fraction of sp³-hybridized carbons (Fsp3) is 0.900. The van der Waals surface area contributed by atoms with Crippen LogP contribution < -0.4 is 15.4 Å². The van der Waals surface area contributed by atoms with Crippen molar-refractivity contribution in [3.63, 3.8) is 0 Å². The number of rotatable bonds is 6. The third-order valence-corrected chi connectivity index (χ3v) is 3.65. The van der Waals surface area contributed by atoms with Crippen LogP contribution in [0.4, 0.5) is 0 Å². The van der Waals surface area contributed by atoms with Gasteiger partial charge in [0.25, 0.3) is 0 Å². The van der Waals surface area contributed by atoms with E-state index in [1.165, 1.54) is 6.26 Å². The van der Waals surface area contributed by atoms with Crippen molar-refractivity contribution in [1.29, 1.82) is 0 Å². The molecule has 0 saturated heterocycles. The lowest BCUT2D eigenvalue weighted by molar-refractivity contribution is -0.120. The standard InChI is InChI=1S/C10H21N3O3S.ClH/c1-11-7-10(14)12-6-8-4-3-5-9(8)13-17(2,15)16;/h8-9,11,13H,3-7H2,1-2H3,(H,12,14);1H. The van der Waals surface area contributed by atoms with Gasteiger partial charge < -0.3 is 10.6 Å². The summed E-state index contributed by atoms with van der Waals surface area (Å²) in [7, 11) is -1.45. The topological polar surface area (TPSA) is 87.3 Å². The Morgan fingerprint density at radius 1 is 1.33 bits per heavy atom. The van der Waals surface area contributed by atoms with E-state index in [-0.39, 0.29) is 36.8 Å². The summed E-state index contributed by atoms with van der Waals surface area (Å²) < 4.78 is 25.0. The third-order valence-electron chi connectivity index (χ3n) is 2.92. The molecule has 3 N–H and O–H groups in total. The van der Waals surface area contributed by atoms with Crippen molar-refractivity contribution in [2.24, 2.45) is 5.92 Å². The molecular weight excluding hydrogens is 278 g/mol. The summed E-state index contributed by atoms with van der Waals surface area (Å²) in [4.78, 5) is 11.3. The van der Waals surface area contributed by atoms with Crippen molar-refractivity contribution in [3.05, 3.63) is 0 Å². The third kappa shape index (κ3) is 6.53. The zero-order valence-corrected chi connectivity index (χ0v) is 12.4. The van der Waals surface area contributed by atoms with E-state index in [2.05, 4.69) is 15.4 Å². The normalized spacial score (nSPS) is 23.4. The van der Waals surface area contributed by atoms with Crippen molar-refractivity contribution >= 4 is 28.3 Å². The fourth-order valence-electron chi connectivity index (χ4n) is 2.18. The first kappa shape index (κ1) is 17.6. The summed E-state index contributed by atoms with van der Waals surface area (Å²) in [5.74, 6) is 0.142. The van der Waals surface area contributed by atoms with Gasteiger partial charge in [-0.25, -0.2) is 13.1 Å². The zero-order chi connectivity index (χ0) is 12.9. The highest BCUT2D eigenvalue weighted by Crippen LogP contribution is 2.25. The fourth-order valence-corrected chi connectivity index (χ4v) is 3.04. The van der Waals surface area contributed by atoms with E-state index >= 15 is 0 Å². The molecule has 1 amide bonds. The molecule has 1 aliphatic carbocycles. The summed E-state index contributed by atoms with van der Waals surface area (Å²) in [5.41, 5.74) is 0. The molecule has 0 aliphatic heterocycles. The smallest absolute Gasteiger partial charge is 0.233 e. The Labute approximate surface area is 115 Å². The number of halogens is 1. The Morgan fingerprint density at radius 3 is 2.56 bits per heavy atom. The van der Waals surface area contributed by atoms with E-state index in [0.717, 1.165) is 19.3 Å². The van der Waals surface area contributed by atoms with Crippen LogP contribution in [0.25, 0.3) is 0 Å². The number of carbonyl (C=O) groups excluding carboxylic acids is 1. The first-order chi connectivity index (χ1) is 7.92. The molecule has 108 valence electrons. The predicted octanol–water partition coefficient (Wildman–Crippen LogP) is -0.538. The lowest BCUT2D eigenvalue weighted by atomic mass is 10.0. The van der Waals surface area contributed by atoms with Crippen LogP contribution >= 0.6 is 12.4 Å². The molecule has 0 aromatic carbocycles. The molecule has 8 heteroatoms. The van der Waals surface area contributed by atoms with Crippen LogP contribution in [0, 0.1) is 5.92 Å². The number of nitrogens with one attached hydrogen (secondary N) is 3. The van der Waals surface area contributed by atoms with E-state index in [1.54, 1.807) is 7.05 Å². The van der Waals surface area contributed by atoms with Gasteiger partial charge in [0.1, 0.15) is 0 Å². The molecule has 0 aromatic heterocycles. The minimum atomic E-state index is -3.16. The van der Waals surface area contributed by atoms with Gasteiger partial charge in [0.2, 0.25) is 15.9 Å². The van der Waals surface area contributed by atoms with Crippen molar-refractivity contribution < 1.29 is 13.2 Å². The Bertz CT molecular complexity index is 361. The summed E-state index contributed by atoms with van der Waals surface area (Å²) in [6.07, 6.45) is 3.97. The number of amides is 1. The molecule has 6 nitrogen and oxygen atoms in total.